The van der Waals surface area contributed by atoms with E-state index in [2.05, 4.69) is 26.7 Å². The van der Waals surface area contributed by atoms with Crippen LogP contribution >= 0.6 is 0 Å². The Morgan fingerprint density at radius 3 is 2.00 bits per heavy atom. The zero-order valence-electron chi connectivity index (χ0n) is 13.8. The van der Waals surface area contributed by atoms with Crippen molar-refractivity contribution >= 4 is 28.7 Å². The molecule has 0 aliphatic carbocycles. The van der Waals surface area contributed by atoms with Crippen molar-refractivity contribution in [3.05, 3.63) is 65.5 Å². The third-order valence-corrected chi connectivity index (χ3v) is 3.55. The minimum absolute atomic E-state index is 0.270. The molecule has 0 fully saturated rings. The van der Waals surface area contributed by atoms with Crippen molar-refractivity contribution in [3.63, 3.8) is 0 Å². The minimum atomic E-state index is -0.953. The molecule has 0 aliphatic rings. The predicted octanol–water partition coefficient (Wildman–Crippen LogP) is 4.44. The van der Waals surface area contributed by atoms with E-state index in [9.17, 15) is 8.78 Å². The molecule has 0 spiro atoms. The number of hydrogen-bond acceptors (Lipinski definition) is 5. The van der Waals surface area contributed by atoms with Gasteiger partial charge in [-0.25, -0.2) is 18.7 Å². The molecule has 0 aliphatic heterocycles. The molecule has 2 aromatic carbocycles. The molecule has 0 atom stereocenters. The molecule has 0 unspecified atom stereocenters. The lowest BCUT2D eigenvalue weighted by molar-refractivity contribution is 0.509. The number of rotatable bonds is 4. The van der Waals surface area contributed by atoms with Gasteiger partial charge >= 0.3 is 0 Å². The number of aryl methyl sites for hydroxylation is 2. The molecule has 128 valence electrons. The first kappa shape index (κ1) is 16.6. The van der Waals surface area contributed by atoms with Gasteiger partial charge in [0.25, 0.3) is 0 Å². The Balaban J connectivity index is 1.87. The van der Waals surface area contributed by atoms with Crippen molar-refractivity contribution in [3.8, 4) is 0 Å². The van der Waals surface area contributed by atoms with Crippen LogP contribution in [0.15, 0.2) is 42.7 Å². The van der Waals surface area contributed by atoms with Crippen molar-refractivity contribution in [2.75, 3.05) is 16.4 Å². The van der Waals surface area contributed by atoms with Crippen LogP contribution in [0.5, 0.6) is 0 Å². The zero-order chi connectivity index (χ0) is 18.0. The molecule has 25 heavy (non-hydrogen) atoms. The first-order valence-electron chi connectivity index (χ1n) is 7.60. The summed E-state index contributed by atoms with van der Waals surface area (Å²) < 4.78 is 26.4. The standard InChI is InChI=1S/C18H17F2N5/c1-10-5-11(2)7-13(6-10)25-18-16(21)17(22-9-23-18)24-12-3-4-14(19)15(20)8-12/h3-9H,21H2,1-2H3,(H2,22,23,24,25). The molecule has 7 heteroatoms. The Bertz CT molecular complexity index is 907. The van der Waals surface area contributed by atoms with Crippen LogP contribution < -0.4 is 16.4 Å². The molecule has 0 amide bonds. The second-order valence-electron chi connectivity index (χ2n) is 5.74. The van der Waals surface area contributed by atoms with Gasteiger partial charge in [0.1, 0.15) is 12.0 Å². The molecule has 3 rings (SSSR count). The predicted molar refractivity (Wildman–Crippen MR) is 95.3 cm³/mol. The molecule has 0 radical (unpaired) electrons. The third kappa shape index (κ3) is 3.82. The smallest absolute Gasteiger partial charge is 0.160 e. The number of benzene rings is 2. The summed E-state index contributed by atoms with van der Waals surface area (Å²) in [5.41, 5.74) is 9.77. The second-order valence-corrected chi connectivity index (χ2v) is 5.74. The summed E-state index contributed by atoms with van der Waals surface area (Å²) in [6, 6.07) is 9.47. The number of aromatic nitrogens is 2. The maximum Gasteiger partial charge on any atom is 0.160 e. The van der Waals surface area contributed by atoms with Crippen LogP contribution in [0, 0.1) is 25.5 Å². The highest BCUT2D eigenvalue weighted by molar-refractivity contribution is 5.80. The van der Waals surface area contributed by atoms with E-state index in [0.29, 0.717) is 17.3 Å². The van der Waals surface area contributed by atoms with Gasteiger partial charge in [0.2, 0.25) is 0 Å². The van der Waals surface area contributed by atoms with E-state index in [1.165, 1.54) is 12.4 Å². The molecule has 5 nitrogen and oxygen atoms in total. The van der Waals surface area contributed by atoms with Crippen molar-refractivity contribution in [1.29, 1.82) is 0 Å². The van der Waals surface area contributed by atoms with Crippen molar-refractivity contribution in [2.45, 2.75) is 13.8 Å². The molecule has 0 saturated carbocycles. The average Bonchev–Trinajstić information content (AvgIpc) is 2.54. The maximum absolute atomic E-state index is 13.3. The summed E-state index contributed by atoms with van der Waals surface area (Å²) in [4.78, 5) is 8.21. The molecular formula is C18H17F2N5. The van der Waals surface area contributed by atoms with E-state index in [1.54, 1.807) is 0 Å². The fraction of sp³-hybridized carbons (Fsp3) is 0.111. The summed E-state index contributed by atoms with van der Waals surface area (Å²) in [7, 11) is 0. The van der Waals surface area contributed by atoms with Gasteiger partial charge in [-0.15, -0.1) is 0 Å². The summed E-state index contributed by atoms with van der Waals surface area (Å²) in [5, 5.41) is 6.02. The first-order chi connectivity index (χ1) is 11.9. The molecule has 0 bridgehead atoms. The van der Waals surface area contributed by atoms with Gasteiger partial charge in [-0.2, -0.15) is 0 Å². The van der Waals surface area contributed by atoms with Crippen LogP contribution in [0.4, 0.5) is 37.5 Å². The van der Waals surface area contributed by atoms with E-state index in [-0.39, 0.29) is 5.69 Å². The van der Waals surface area contributed by atoms with E-state index < -0.39 is 11.6 Å². The summed E-state index contributed by atoms with van der Waals surface area (Å²) in [6.07, 6.45) is 1.34. The lowest BCUT2D eigenvalue weighted by atomic mass is 10.1. The first-order valence-corrected chi connectivity index (χ1v) is 7.60. The number of anilines is 5. The summed E-state index contributed by atoms with van der Waals surface area (Å²) in [6.45, 7) is 4.00. The van der Waals surface area contributed by atoms with Crippen LogP contribution in [0.2, 0.25) is 0 Å². The number of nitrogens with one attached hydrogen (secondary N) is 2. The Kier molecular flexibility index (Phi) is 4.47. The van der Waals surface area contributed by atoms with Gasteiger partial charge in [0, 0.05) is 17.4 Å². The maximum atomic E-state index is 13.3. The van der Waals surface area contributed by atoms with Crippen LogP contribution in [-0.2, 0) is 0 Å². The number of nitrogens with two attached hydrogens (primary N) is 1. The van der Waals surface area contributed by atoms with Gasteiger partial charge in [-0.1, -0.05) is 6.07 Å². The highest BCUT2D eigenvalue weighted by atomic mass is 19.2. The quantitative estimate of drug-likeness (QED) is 0.654. The number of halogens is 2. The van der Waals surface area contributed by atoms with Crippen molar-refractivity contribution in [2.24, 2.45) is 0 Å². The van der Waals surface area contributed by atoms with E-state index in [4.69, 9.17) is 5.73 Å². The fourth-order valence-electron chi connectivity index (χ4n) is 2.49. The van der Waals surface area contributed by atoms with Crippen molar-refractivity contribution < 1.29 is 8.78 Å². The topological polar surface area (TPSA) is 75.9 Å². The monoisotopic (exact) mass is 341 g/mol. The van der Waals surface area contributed by atoms with Crippen LogP contribution in [0.25, 0.3) is 0 Å². The minimum Gasteiger partial charge on any atom is -0.393 e. The van der Waals surface area contributed by atoms with Crippen LogP contribution in [0.3, 0.4) is 0 Å². The van der Waals surface area contributed by atoms with Crippen LogP contribution in [0.1, 0.15) is 11.1 Å². The largest absolute Gasteiger partial charge is 0.393 e. The Labute approximate surface area is 143 Å². The number of hydrogen-bond donors (Lipinski definition) is 3. The second kappa shape index (κ2) is 6.72. The highest BCUT2D eigenvalue weighted by Gasteiger charge is 2.10. The van der Waals surface area contributed by atoms with Gasteiger partial charge in [0.05, 0.1) is 0 Å². The Morgan fingerprint density at radius 2 is 1.40 bits per heavy atom. The Hall–Kier alpha value is -3.22. The molecule has 0 saturated heterocycles. The van der Waals surface area contributed by atoms with E-state index in [0.717, 1.165) is 28.9 Å². The van der Waals surface area contributed by atoms with Crippen LogP contribution in [-0.4, -0.2) is 9.97 Å². The van der Waals surface area contributed by atoms with Gasteiger partial charge in [0.15, 0.2) is 23.3 Å². The van der Waals surface area contributed by atoms with Crippen molar-refractivity contribution in [1.82, 2.24) is 9.97 Å². The lowest BCUT2D eigenvalue weighted by Gasteiger charge is -2.13. The zero-order valence-corrected chi connectivity index (χ0v) is 13.8. The molecule has 4 N–H and O–H groups in total. The third-order valence-electron chi connectivity index (χ3n) is 3.55. The lowest BCUT2D eigenvalue weighted by Crippen LogP contribution is -2.05. The summed E-state index contributed by atoms with van der Waals surface area (Å²) in [5.74, 6) is -1.15. The molecule has 3 aromatic rings. The highest BCUT2D eigenvalue weighted by Crippen LogP contribution is 2.29. The van der Waals surface area contributed by atoms with Gasteiger partial charge in [-0.3, -0.25) is 0 Å². The normalized spacial score (nSPS) is 10.6. The number of nitrogen functional groups attached to an aromatic ring is 1. The molecular weight excluding hydrogens is 324 g/mol. The Morgan fingerprint density at radius 1 is 0.800 bits per heavy atom. The van der Waals surface area contributed by atoms with Gasteiger partial charge in [-0.05, 0) is 49.2 Å². The van der Waals surface area contributed by atoms with Gasteiger partial charge < -0.3 is 16.4 Å². The van der Waals surface area contributed by atoms with E-state index in [1.807, 2.05) is 26.0 Å². The summed E-state index contributed by atoms with van der Waals surface area (Å²) >= 11 is 0. The molecule has 1 aromatic heterocycles. The van der Waals surface area contributed by atoms with E-state index >= 15 is 0 Å². The fourth-order valence-corrected chi connectivity index (χ4v) is 2.49. The molecule has 1 heterocycles. The number of nitrogens with zero attached hydrogens (tertiary/aromatic N) is 2. The average molecular weight is 341 g/mol. The SMILES string of the molecule is Cc1cc(C)cc(Nc2ncnc(Nc3ccc(F)c(F)c3)c2N)c1.